The van der Waals surface area contributed by atoms with Gasteiger partial charge in [0, 0.05) is 10.9 Å². The molecule has 3 rings (SSSR count). The maximum atomic E-state index is 12.8. The molecular formula is C22H22ClNO4. The largest absolute Gasteiger partial charge is 0.493 e. The van der Waals surface area contributed by atoms with Gasteiger partial charge in [0.2, 0.25) is 0 Å². The van der Waals surface area contributed by atoms with E-state index in [-0.39, 0.29) is 12.5 Å². The zero-order chi connectivity index (χ0) is 20.3. The van der Waals surface area contributed by atoms with Crippen molar-refractivity contribution >= 4 is 28.5 Å². The van der Waals surface area contributed by atoms with Gasteiger partial charge in [0.25, 0.3) is 0 Å². The van der Waals surface area contributed by atoms with Crippen molar-refractivity contribution in [2.45, 2.75) is 19.7 Å². The van der Waals surface area contributed by atoms with Gasteiger partial charge in [-0.3, -0.25) is 4.98 Å². The van der Waals surface area contributed by atoms with E-state index in [0.717, 1.165) is 27.6 Å². The minimum absolute atomic E-state index is 0.0955. The lowest BCUT2D eigenvalue weighted by Gasteiger charge is -2.17. The number of esters is 1. The molecule has 1 aromatic heterocycles. The number of nitrogens with zero attached hydrogens (tertiary/aromatic N) is 1. The van der Waals surface area contributed by atoms with Crippen LogP contribution in [-0.2, 0) is 10.6 Å². The molecule has 0 fully saturated rings. The number of methoxy groups -OCH3 is 2. The summed E-state index contributed by atoms with van der Waals surface area (Å²) >= 11 is 6.16. The van der Waals surface area contributed by atoms with Crippen molar-refractivity contribution in [1.29, 1.82) is 0 Å². The van der Waals surface area contributed by atoms with E-state index in [1.165, 1.54) is 0 Å². The summed E-state index contributed by atoms with van der Waals surface area (Å²) in [4.78, 5) is 17.5. The number of carbonyl (C=O) groups is 1. The van der Waals surface area contributed by atoms with Crippen molar-refractivity contribution in [2.75, 3.05) is 20.8 Å². The summed E-state index contributed by atoms with van der Waals surface area (Å²) in [5, 5.41) is 0.851. The summed E-state index contributed by atoms with van der Waals surface area (Å²) in [6, 6.07) is 11.5. The standard InChI is InChI=1S/C22H22ClNO4/c1-5-28-22(25)21-17(12-23)24-16-8-6-13(2)10-15(16)20(21)14-7-9-18(26-3)19(11-14)27-4/h6-11H,5,12H2,1-4H3. The van der Waals surface area contributed by atoms with E-state index in [4.69, 9.17) is 25.8 Å². The number of aryl methyl sites for hydroxylation is 1. The van der Waals surface area contributed by atoms with Crippen molar-refractivity contribution in [3.8, 4) is 22.6 Å². The topological polar surface area (TPSA) is 57.7 Å². The average Bonchev–Trinajstić information content (AvgIpc) is 2.71. The number of halogens is 1. The van der Waals surface area contributed by atoms with Crippen LogP contribution in [0.15, 0.2) is 36.4 Å². The summed E-state index contributed by atoms with van der Waals surface area (Å²) in [7, 11) is 3.16. The minimum atomic E-state index is -0.446. The maximum Gasteiger partial charge on any atom is 0.340 e. The molecule has 0 aliphatic carbocycles. The fraction of sp³-hybridized carbons (Fsp3) is 0.273. The molecule has 0 atom stereocenters. The molecule has 0 bridgehead atoms. The Morgan fingerprint density at radius 1 is 1.07 bits per heavy atom. The highest BCUT2D eigenvalue weighted by molar-refractivity contribution is 6.18. The van der Waals surface area contributed by atoms with Crippen LogP contribution in [0.25, 0.3) is 22.0 Å². The third-order valence-corrected chi connectivity index (χ3v) is 4.75. The highest BCUT2D eigenvalue weighted by Crippen LogP contribution is 2.39. The number of alkyl halides is 1. The Balaban J connectivity index is 2.42. The number of hydrogen-bond acceptors (Lipinski definition) is 5. The van der Waals surface area contributed by atoms with Crippen LogP contribution < -0.4 is 9.47 Å². The van der Waals surface area contributed by atoms with E-state index in [0.29, 0.717) is 22.8 Å². The van der Waals surface area contributed by atoms with E-state index in [1.807, 2.05) is 43.3 Å². The quantitative estimate of drug-likeness (QED) is 0.424. The fourth-order valence-electron chi connectivity index (χ4n) is 3.24. The van der Waals surface area contributed by atoms with Gasteiger partial charge in [0.1, 0.15) is 0 Å². The number of hydrogen-bond donors (Lipinski definition) is 0. The number of benzene rings is 2. The normalized spacial score (nSPS) is 10.8. The lowest BCUT2D eigenvalue weighted by Crippen LogP contribution is -2.12. The number of ether oxygens (including phenoxy) is 3. The molecule has 1 heterocycles. The van der Waals surface area contributed by atoms with Crippen molar-refractivity contribution in [3.63, 3.8) is 0 Å². The molecule has 0 amide bonds. The third-order valence-electron chi connectivity index (χ3n) is 4.49. The summed E-state index contributed by atoms with van der Waals surface area (Å²) in [5.74, 6) is 0.827. The van der Waals surface area contributed by atoms with E-state index in [2.05, 4.69) is 4.98 Å². The molecule has 0 spiro atoms. The molecule has 28 heavy (non-hydrogen) atoms. The predicted octanol–water partition coefficient (Wildman–Crippen LogP) is 5.14. The second-order valence-electron chi connectivity index (χ2n) is 6.25. The predicted molar refractivity (Wildman–Crippen MR) is 111 cm³/mol. The number of carbonyl (C=O) groups excluding carboxylic acids is 1. The van der Waals surface area contributed by atoms with Gasteiger partial charge in [-0.2, -0.15) is 0 Å². The molecule has 5 nitrogen and oxygen atoms in total. The summed E-state index contributed by atoms with van der Waals surface area (Å²) in [6.45, 7) is 4.03. The van der Waals surface area contributed by atoms with E-state index < -0.39 is 5.97 Å². The zero-order valence-electron chi connectivity index (χ0n) is 16.3. The highest BCUT2D eigenvalue weighted by Gasteiger charge is 2.24. The Labute approximate surface area is 169 Å². The van der Waals surface area contributed by atoms with E-state index >= 15 is 0 Å². The summed E-state index contributed by atoms with van der Waals surface area (Å²) < 4.78 is 16.1. The first-order valence-electron chi connectivity index (χ1n) is 8.92. The van der Waals surface area contributed by atoms with Gasteiger partial charge < -0.3 is 14.2 Å². The monoisotopic (exact) mass is 399 g/mol. The molecule has 3 aromatic rings. The molecule has 0 aliphatic heterocycles. The molecule has 2 aromatic carbocycles. The smallest absolute Gasteiger partial charge is 0.340 e. The van der Waals surface area contributed by atoms with Crippen LogP contribution in [0.4, 0.5) is 0 Å². The second-order valence-corrected chi connectivity index (χ2v) is 6.52. The van der Waals surface area contributed by atoms with E-state index in [1.54, 1.807) is 21.1 Å². The van der Waals surface area contributed by atoms with Crippen molar-refractivity contribution in [2.24, 2.45) is 0 Å². The van der Waals surface area contributed by atoms with Crippen molar-refractivity contribution < 1.29 is 19.0 Å². The van der Waals surface area contributed by atoms with Crippen LogP contribution >= 0.6 is 11.6 Å². The Morgan fingerprint density at radius 2 is 1.82 bits per heavy atom. The fourth-order valence-corrected chi connectivity index (χ4v) is 3.43. The molecular weight excluding hydrogens is 378 g/mol. The molecule has 0 saturated carbocycles. The van der Waals surface area contributed by atoms with Gasteiger partial charge in [-0.05, 0) is 43.7 Å². The van der Waals surface area contributed by atoms with Crippen molar-refractivity contribution in [3.05, 3.63) is 53.2 Å². The first-order valence-corrected chi connectivity index (χ1v) is 9.46. The van der Waals surface area contributed by atoms with Crippen LogP contribution in [0, 0.1) is 6.92 Å². The first kappa shape index (κ1) is 20.0. The molecule has 146 valence electrons. The summed E-state index contributed by atoms with van der Waals surface area (Å²) in [5.41, 5.74) is 4.21. The SMILES string of the molecule is CCOC(=O)c1c(CCl)nc2ccc(C)cc2c1-c1ccc(OC)c(OC)c1. The zero-order valence-corrected chi connectivity index (χ0v) is 17.1. The average molecular weight is 400 g/mol. The van der Waals surface area contributed by atoms with Gasteiger partial charge in [0.15, 0.2) is 11.5 Å². The van der Waals surface area contributed by atoms with Gasteiger partial charge in [-0.1, -0.05) is 17.7 Å². The van der Waals surface area contributed by atoms with E-state index in [9.17, 15) is 4.79 Å². The number of rotatable bonds is 6. The lowest BCUT2D eigenvalue weighted by atomic mass is 9.93. The number of aromatic nitrogens is 1. The maximum absolute atomic E-state index is 12.8. The van der Waals surface area contributed by atoms with Gasteiger partial charge in [-0.15, -0.1) is 11.6 Å². The van der Waals surface area contributed by atoms with Crippen LogP contribution in [0.3, 0.4) is 0 Å². The summed E-state index contributed by atoms with van der Waals surface area (Å²) in [6.07, 6.45) is 0. The number of pyridine rings is 1. The van der Waals surface area contributed by atoms with Gasteiger partial charge in [0.05, 0.1) is 43.5 Å². The first-order chi connectivity index (χ1) is 13.5. The molecule has 0 aliphatic rings. The molecule has 0 saturated heterocycles. The Morgan fingerprint density at radius 3 is 2.46 bits per heavy atom. The lowest BCUT2D eigenvalue weighted by molar-refractivity contribution is 0.0526. The third kappa shape index (κ3) is 3.62. The Kier molecular flexibility index (Phi) is 6.05. The van der Waals surface area contributed by atoms with Crippen LogP contribution in [0.1, 0.15) is 28.5 Å². The second kappa shape index (κ2) is 8.48. The molecule has 0 N–H and O–H groups in total. The van der Waals surface area contributed by atoms with Crippen LogP contribution in [0.2, 0.25) is 0 Å². The Bertz CT molecular complexity index is 1030. The van der Waals surface area contributed by atoms with Crippen LogP contribution in [0.5, 0.6) is 11.5 Å². The van der Waals surface area contributed by atoms with Gasteiger partial charge >= 0.3 is 5.97 Å². The molecule has 6 heteroatoms. The highest BCUT2D eigenvalue weighted by atomic mass is 35.5. The molecule has 0 radical (unpaired) electrons. The minimum Gasteiger partial charge on any atom is -0.493 e. The molecule has 0 unspecified atom stereocenters. The van der Waals surface area contributed by atoms with Crippen molar-refractivity contribution in [1.82, 2.24) is 4.98 Å². The Hall–Kier alpha value is -2.79. The number of fused-ring (bicyclic) bond motifs is 1. The van der Waals surface area contributed by atoms with Crippen LogP contribution in [-0.4, -0.2) is 31.8 Å². The van der Waals surface area contributed by atoms with Gasteiger partial charge in [-0.25, -0.2) is 4.79 Å².